The van der Waals surface area contributed by atoms with Gasteiger partial charge in [0.15, 0.2) is 5.78 Å². The van der Waals surface area contributed by atoms with Gasteiger partial charge in [-0.05, 0) is 51.5 Å². The van der Waals surface area contributed by atoms with Crippen molar-refractivity contribution in [2.75, 3.05) is 0 Å². The molecule has 0 aliphatic carbocycles. The number of nitrogens with zero attached hydrogens (tertiary/aromatic N) is 2. The Morgan fingerprint density at radius 2 is 1.86 bits per heavy atom. The summed E-state index contributed by atoms with van der Waals surface area (Å²) in [5.41, 5.74) is 1.56. The second-order valence-electron chi connectivity index (χ2n) is 5.74. The lowest BCUT2D eigenvalue weighted by Gasteiger charge is -2.09. The zero-order valence-corrected chi connectivity index (χ0v) is 13.5. The van der Waals surface area contributed by atoms with Gasteiger partial charge in [0.05, 0.1) is 17.9 Å². The highest BCUT2D eigenvalue weighted by Crippen LogP contribution is 2.15. The lowest BCUT2D eigenvalue weighted by molar-refractivity contribution is 0.104. The summed E-state index contributed by atoms with van der Waals surface area (Å²) in [6.45, 7) is 8.03. The van der Waals surface area contributed by atoms with Gasteiger partial charge in [-0.15, -0.1) is 0 Å². The molecule has 0 radical (unpaired) electrons. The van der Waals surface area contributed by atoms with Crippen molar-refractivity contribution >= 4 is 11.9 Å². The largest absolute Gasteiger partial charge is 0.491 e. The molecule has 2 rings (SSSR count). The number of carbonyl (C=O) groups excluding carboxylic acids is 1. The van der Waals surface area contributed by atoms with Gasteiger partial charge in [-0.2, -0.15) is 5.10 Å². The normalized spacial score (nSPS) is 11.5. The summed E-state index contributed by atoms with van der Waals surface area (Å²) in [6, 6.07) is 7.92. The van der Waals surface area contributed by atoms with Crippen molar-refractivity contribution in [2.45, 2.75) is 39.8 Å². The average molecular weight is 298 g/mol. The van der Waals surface area contributed by atoms with Gasteiger partial charge in [-0.1, -0.05) is 18.2 Å². The number of carbonyl (C=O) groups is 1. The molecule has 116 valence electrons. The zero-order valence-electron chi connectivity index (χ0n) is 13.5. The Balaban J connectivity index is 2.02. The maximum absolute atomic E-state index is 12.1. The third-order valence-electron chi connectivity index (χ3n) is 3.09. The van der Waals surface area contributed by atoms with Crippen molar-refractivity contribution < 1.29 is 9.53 Å². The minimum atomic E-state index is -0.0468. The van der Waals surface area contributed by atoms with Crippen LogP contribution >= 0.6 is 0 Å². The minimum absolute atomic E-state index is 0.0468. The molecule has 22 heavy (non-hydrogen) atoms. The topological polar surface area (TPSA) is 44.1 Å². The van der Waals surface area contributed by atoms with Crippen molar-refractivity contribution in [1.82, 2.24) is 9.78 Å². The Bertz CT molecular complexity index is 652. The molecule has 0 N–H and O–H groups in total. The predicted molar refractivity (Wildman–Crippen MR) is 88.2 cm³/mol. The number of hydrogen-bond acceptors (Lipinski definition) is 3. The fourth-order valence-electron chi connectivity index (χ4n) is 1.95. The summed E-state index contributed by atoms with van der Waals surface area (Å²) in [5, 5.41) is 4.18. The molecule has 1 aromatic heterocycles. The predicted octanol–water partition coefficient (Wildman–Crippen LogP) is 4.15. The quantitative estimate of drug-likeness (QED) is 0.594. The molecule has 2 aromatic rings. The molecule has 1 heterocycles. The van der Waals surface area contributed by atoms with Gasteiger partial charge in [0.25, 0.3) is 0 Å². The first kappa shape index (κ1) is 16.0. The van der Waals surface area contributed by atoms with Gasteiger partial charge in [-0.25, -0.2) is 0 Å². The van der Waals surface area contributed by atoms with Gasteiger partial charge in [-0.3, -0.25) is 9.48 Å². The number of hydrogen-bond donors (Lipinski definition) is 0. The van der Waals surface area contributed by atoms with E-state index in [0.29, 0.717) is 5.56 Å². The Morgan fingerprint density at radius 1 is 1.18 bits per heavy atom. The maximum Gasteiger partial charge on any atom is 0.189 e. The number of benzene rings is 1. The molecule has 0 atom stereocenters. The first-order chi connectivity index (χ1) is 10.5. The lowest BCUT2D eigenvalue weighted by Crippen LogP contribution is -2.05. The first-order valence-corrected chi connectivity index (χ1v) is 7.49. The molecule has 0 fully saturated rings. The summed E-state index contributed by atoms with van der Waals surface area (Å²) in [7, 11) is 0. The Labute approximate surface area is 131 Å². The molecule has 0 unspecified atom stereocenters. The van der Waals surface area contributed by atoms with Gasteiger partial charge in [0.1, 0.15) is 5.75 Å². The van der Waals surface area contributed by atoms with Crippen LogP contribution in [0.1, 0.15) is 49.7 Å². The average Bonchev–Trinajstić information content (AvgIpc) is 2.96. The molecular formula is C18H22N2O2. The van der Waals surface area contributed by atoms with Crippen LogP contribution in [-0.2, 0) is 0 Å². The molecule has 0 spiro atoms. The number of allylic oxidation sites excluding steroid dienone is 1. The molecule has 0 aliphatic heterocycles. The van der Waals surface area contributed by atoms with E-state index < -0.39 is 0 Å². The molecule has 1 aromatic carbocycles. The SMILES string of the molecule is CC(C)Oc1ccc(/C=C/C(=O)c2cnn(C(C)C)c2)cc1. The van der Waals surface area contributed by atoms with Crippen molar-refractivity contribution in [1.29, 1.82) is 0 Å². The van der Waals surface area contributed by atoms with E-state index in [1.807, 2.05) is 52.0 Å². The number of ether oxygens (including phenoxy) is 1. The summed E-state index contributed by atoms with van der Waals surface area (Å²) in [5.74, 6) is 0.783. The zero-order chi connectivity index (χ0) is 16.1. The molecule has 0 bridgehead atoms. The fourth-order valence-corrected chi connectivity index (χ4v) is 1.95. The minimum Gasteiger partial charge on any atom is -0.491 e. The maximum atomic E-state index is 12.1. The van der Waals surface area contributed by atoms with Crippen molar-refractivity contribution in [3.63, 3.8) is 0 Å². The van der Waals surface area contributed by atoms with Crippen LogP contribution in [0.3, 0.4) is 0 Å². The van der Waals surface area contributed by atoms with Gasteiger partial charge < -0.3 is 4.74 Å². The van der Waals surface area contributed by atoms with Crippen LogP contribution in [-0.4, -0.2) is 21.7 Å². The Hall–Kier alpha value is -2.36. The standard InChI is InChI=1S/C18H22N2O2/c1-13(2)20-12-16(11-19-20)18(21)10-7-15-5-8-17(9-6-15)22-14(3)4/h5-14H,1-4H3/b10-7+. The molecule has 0 saturated heterocycles. The highest BCUT2D eigenvalue weighted by molar-refractivity contribution is 6.06. The summed E-state index contributed by atoms with van der Waals surface area (Å²) in [4.78, 5) is 12.1. The van der Waals surface area contributed by atoms with Crippen LogP contribution in [0.2, 0.25) is 0 Å². The third-order valence-corrected chi connectivity index (χ3v) is 3.09. The summed E-state index contributed by atoms with van der Waals surface area (Å²) in [6.07, 6.45) is 6.90. The summed E-state index contributed by atoms with van der Waals surface area (Å²) >= 11 is 0. The van der Waals surface area contributed by atoms with E-state index in [-0.39, 0.29) is 17.9 Å². The molecule has 4 nitrogen and oxygen atoms in total. The molecular weight excluding hydrogens is 276 g/mol. The molecule has 0 aliphatic rings. The van der Waals surface area contributed by atoms with Gasteiger partial charge in [0.2, 0.25) is 0 Å². The number of rotatable bonds is 6. The van der Waals surface area contributed by atoms with E-state index in [1.54, 1.807) is 29.2 Å². The Kier molecular flexibility index (Phi) is 5.15. The monoisotopic (exact) mass is 298 g/mol. The highest BCUT2D eigenvalue weighted by atomic mass is 16.5. The first-order valence-electron chi connectivity index (χ1n) is 7.49. The van der Waals surface area contributed by atoms with E-state index in [4.69, 9.17) is 4.74 Å². The van der Waals surface area contributed by atoms with Crippen molar-refractivity contribution in [2.24, 2.45) is 0 Å². The van der Waals surface area contributed by atoms with Gasteiger partial charge >= 0.3 is 0 Å². The van der Waals surface area contributed by atoms with E-state index in [2.05, 4.69) is 5.10 Å². The van der Waals surface area contributed by atoms with Crippen LogP contribution in [0, 0.1) is 0 Å². The van der Waals surface area contributed by atoms with Crippen LogP contribution in [0.25, 0.3) is 6.08 Å². The smallest absolute Gasteiger partial charge is 0.189 e. The van der Waals surface area contributed by atoms with Crippen molar-refractivity contribution in [3.8, 4) is 5.75 Å². The molecule has 4 heteroatoms. The van der Waals surface area contributed by atoms with E-state index in [9.17, 15) is 4.79 Å². The van der Waals surface area contributed by atoms with E-state index in [1.165, 1.54) is 0 Å². The molecule has 0 amide bonds. The third kappa shape index (κ3) is 4.32. The van der Waals surface area contributed by atoms with Crippen molar-refractivity contribution in [3.05, 3.63) is 53.9 Å². The molecule has 0 saturated carbocycles. The second-order valence-corrected chi connectivity index (χ2v) is 5.74. The van der Waals surface area contributed by atoms with Crippen LogP contribution < -0.4 is 4.74 Å². The van der Waals surface area contributed by atoms with Crippen LogP contribution in [0.4, 0.5) is 0 Å². The van der Waals surface area contributed by atoms with E-state index >= 15 is 0 Å². The second kappa shape index (κ2) is 7.07. The fraction of sp³-hybridized carbons (Fsp3) is 0.333. The van der Waals surface area contributed by atoms with E-state index in [0.717, 1.165) is 11.3 Å². The lowest BCUT2D eigenvalue weighted by atomic mass is 10.1. The number of aromatic nitrogens is 2. The Morgan fingerprint density at radius 3 is 2.41 bits per heavy atom. The van der Waals surface area contributed by atoms with Crippen LogP contribution in [0.5, 0.6) is 5.75 Å². The van der Waals surface area contributed by atoms with Crippen LogP contribution in [0.15, 0.2) is 42.7 Å². The number of ketones is 1. The summed E-state index contributed by atoms with van der Waals surface area (Å²) < 4.78 is 7.36. The van der Waals surface area contributed by atoms with Gasteiger partial charge in [0, 0.05) is 12.2 Å². The highest BCUT2D eigenvalue weighted by Gasteiger charge is 2.07.